The maximum absolute atomic E-state index is 6.19. The molecule has 0 fully saturated rings. The monoisotopic (exact) mass is 254 g/mol. The van der Waals surface area contributed by atoms with Crippen LogP contribution in [0.25, 0.3) is 0 Å². The van der Waals surface area contributed by atoms with E-state index in [0.717, 1.165) is 5.69 Å². The first-order valence-electron chi connectivity index (χ1n) is 4.94. The molecule has 0 aliphatic heterocycles. The number of nitrogens with two attached hydrogens (primary N) is 1. The lowest BCUT2D eigenvalue weighted by Gasteiger charge is -2.31. The molecule has 0 heterocycles. The molecule has 1 aromatic carbocycles. The van der Waals surface area contributed by atoms with Gasteiger partial charge >= 0.3 is 0 Å². The van der Waals surface area contributed by atoms with E-state index in [-0.39, 0.29) is 6.04 Å². The first-order chi connectivity index (χ1) is 7.58. The third kappa shape index (κ3) is 2.59. The fourth-order valence-electron chi connectivity index (χ4n) is 1.56. The van der Waals surface area contributed by atoms with E-state index in [1.165, 1.54) is 0 Å². The number of nitrogens with one attached hydrogen (secondary N) is 1. The van der Waals surface area contributed by atoms with E-state index in [2.05, 4.69) is 5.32 Å². The second-order valence-corrected chi connectivity index (χ2v) is 4.79. The number of rotatable bonds is 2. The normalized spacial score (nSPS) is 28.7. The van der Waals surface area contributed by atoms with Crippen LogP contribution in [-0.2, 0) is 0 Å². The standard InChI is InChI=1S/C12H12Cl2N2/c13-9-6-7-11(12(14,15)8-9)16-10-4-2-1-3-5-10/h1-8,11,16H,15H2. The van der Waals surface area contributed by atoms with Crippen LogP contribution in [0, 0.1) is 0 Å². The number of hydrogen-bond donors (Lipinski definition) is 2. The molecule has 0 saturated carbocycles. The van der Waals surface area contributed by atoms with Crippen LogP contribution in [0.4, 0.5) is 5.69 Å². The lowest BCUT2D eigenvalue weighted by atomic mass is 10.0. The van der Waals surface area contributed by atoms with Gasteiger partial charge in [0.15, 0.2) is 0 Å². The lowest BCUT2D eigenvalue weighted by molar-refractivity contribution is 0.667. The molecule has 0 aromatic heterocycles. The molecule has 16 heavy (non-hydrogen) atoms. The van der Waals surface area contributed by atoms with Crippen molar-refractivity contribution in [3.63, 3.8) is 0 Å². The second-order valence-electron chi connectivity index (χ2n) is 3.70. The van der Waals surface area contributed by atoms with E-state index in [4.69, 9.17) is 28.9 Å². The molecule has 3 N–H and O–H groups in total. The Morgan fingerprint density at radius 2 is 1.94 bits per heavy atom. The summed E-state index contributed by atoms with van der Waals surface area (Å²) in [6.07, 6.45) is 5.29. The van der Waals surface area contributed by atoms with Gasteiger partial charge in [0, 0.05) is 10.7 Å². The van der Waals surface area contributed by atoms with E-state index >= 15 is 0 Å². The van der Waals surface area contributed by atoms with E-state index in [0.29, 0.717) is 5.03 Å². The molecule has 2 atom stereocenters. The number of alkyl halides is 1. The Labute approximate surface area is 105 Å². The zero-order chi connectivity index (χ0) is 11.6. The van der Waals surface area contributed by atoms with Crippen LogP contribution < -0.4 is 11.1 Å². The van der Waals surface area contributed by atoms with E-state index in [1.54, 1.807) is 12.2 Å². The van der Waals surface area contributed by atoms with Gasteiger partial charge in [-0.15, -0.1) is 0 Å². The maximum Gasteiger partial charge on any atom is 0.135 e. The zero-order valence-corrected chi connectivity index (χ0v) is 10.0. The van der Waals surface area contributed by atoms with Crippen LogP contribution in [0.3, 0.4) is 0 Å². The highest BCUT2D eigenvalue weighted by Crippen LogP contribution is 2.27. The molecule has 2 rings (SSSR count). The van der Waals surface area contributed by atoms with Gasteiger partial charge < -0.3 is 11.1 Å². The maximum atomic E-state index is 6.19. The molecule has 2 unspecified atom stereocenters. The Bertz CT molecular complexity index is 424. The summed E-state index contributed by atoms with van der Waals surface area (Å²) in [5.74, 6) is 0. The number of hydrogen-bond acceptors (Lipinski definition) is 2. The van der Waals surface area contributed by atoms with Crippen LogP contribution >= 0.6 is 23.2 Å². The number of benzene rings is 1. The van der Waals surface area contributed by atoms with Gasteiger partial charge in [0.1, 0.15) is 5.00 Å². The van der Waals surface area contributed by atoms with Crippen molar-refractivity contribution < 1.29 is 0 Å². The molecule has 0 saturated heterocycles. The summed E-state index contributed by atoms with van der Waals surface area (Å²) in [4.78, 5) is -0.998. The largest absolute Gasteiger partial charge is 0.375 e. The average Bonchev–Trinajstić information content (AvgIpc) is 2.23. The van der Waals surface area contributed by atoms with Crippen LogP contribution in [0.5, 0.6) is 0 Å². The van der Waals surface area contributed by atoms with E-state index < -0.39 is 5.00 Å². The van der Waals surface area contributed by atoms with Gasteiger partial charge in [-0.25, -0.2) is 0 Å². The summed E-state index contributed by atoms with van der Waals surface area (Å²) in [6, 6.07) is 9.59. The van der Waals surface area contributed by atoms with Crippen molar-refractivity contribution in [3.8, 4) is 0 Å². The van der Waals surface area contributed by atoms with Crippen LogP contribution in [-0.4, -0.2) is 11.0 Å². The van der Waals surface area contributed by atoms with E-state index in [9.17, 15) is 0 Å². The predicted molar refractivity (Wildman–Crippen MR) is 69.7 cm³/mol. The van der Waals surface area contributed by atoms with Gasteiger partial charge in [-0.2, -0.15) is 0 Å². The number of halogens is 2. The Morgan fingerprint density at radius 1 is 1.25 bits per heavy atom. The Morgan fingerprint density at radius 3 is 2.56 bits per heavy atom. The molecule has 0 bridgehead atoms. The summed E-state index contributed by atoms with van der Waals surface area (Å²) in [6.45, 7) is 0. The molecule has 2 nitrogen and oxygen atoms in total. The first-order valence-corrected chi connectivity index (χ1v) is 5.69. The van der Waals surface area contributed by atoms with Crippen LogP contribution in [0.15, 0.2) is 53.6 Å². The molecular formula is C12H12Cl2N2. The Hall–Kier alpha value is -0.960. The minimum atomic E-state index is -0.998. The third-order valence-electron chi connectivity index (χ3n) is 2.38. The van der Waals surface area contributed by atoms with Gasteiger partial charge in [-0.1, -0.05) is 47.5 Å². The zero-order valence-electron chi connectivity index (χ0n) is 8.53. The van der Waals surface area contributed by atoms with Crippen molar-refractivity contribution in [2.45, 2.75) is 11.0 Å². The fourth-order valence-corrected chi connectivity index (χ4v) is 2.11. The fraction of sp³-hybridized carbons (Fsp3) is 0.167. The number of para-hydroxylation sites is 1. The van der Waals surface area contributed by atoms with Gasteiger partial charge in [0.05, 0.1) is 6.04 Å². The smallest absolute Gasteiger partial charge is 0.135 e. The van der Waals surface area contributed by atoms with Crippen LogP contribution in [0.2, 0.25) is 0 Å². The van der Waals surface area contributed by atoms with Gasteiger partial charge in [-0.3, -0.25) is 0 Å². The SMILES string of the molecule is NC1(Cl)C=C(Cl)C=CC1Nc1ccccc1. The van der Waals surface area contributed by atoms with Crippen molar-refractivity contribution in [1.82, 2.24) is 0 Å². The molecule has 0 spiro atoms. The molecule has 1 aromatic rings. The van der Waals surface area contributed by atoms with Crippen molar-refractivity contribution in [2.24, 2.45) is 5.73 Å². The highest BCUT2D eigenvalue weighted by Gasteiger charge is 2.31. The second kappa shape index (κ2) is 4.50. The van der Waals surface area contributed by atoms with E-state index in [1.807, 2.05) is 36.4 Å². The van der Waals surface area contributed by atoms with Crippen molar-refractivity contribution in [2.75, 3.05) is 5.32 Å². The Kier molecular flexibility index (Phi) is 3.24. The summed E-state index contributed by atoms with van der Waals surface area (Å²) < 4.78 is 0. The minimum absolute atomic E-state index is 0.181. The predicted octanol–water partition coefficient (Wildman–Crippen LogP) is 3.05. The van der Waals surface area contributed by atoms with Crippen molar-refractivity contribution in [1.29, 1.82) is 0 Å². The van der Waals surface area contributed by atoms with Crippen molar-refractivity contribution in [3.05, 3.63) is 53.6 Å². The van der Waals surface area contributed by atoms with Crippen LogP contribution in [0.1, 0.15) is 0 Å². The third-order valence-corrected chi connectivity index (χ3v) is 2.96. The van der Waals surface area contributed by atoms with Gasteiger partial charge in [0.25, 0.3) is 0 Å². The first kappa shape index (κ1) is 11.5. The summed E-state index contributed by atoms with van der Waals surface area (Å²) in [5, 5.41) is 3.80. The highest BCUT2D eigenvalue weighted by atomic mass is 35.5. The quantitative estimate of drug-likeness (QED) is 0.629. The minimum Gasteiger partial charge on any atom is -0.375 e. The molecule has 1 aliphatic rings. The number of allylic oxidation sites excluding steroid dienone is 2. The average molecular weight is 255 g/mol. The molecule has 0 amide bonds. The molecular weight excluding hydrogens is 243 g/mol. The number of anilines is 1. The van der Waals surface area contributed by atoms with Crippen molar-refractivity contribution >= 4 is 28.9 Å². The molecule has 4 heteroatoms. The summed E-state index contributed by atoms with van der Waals surface area (Å²) in [5.41, 5.74) is 6.92. The topological polar surface area (TPSA) is 38.0 Å². The summed E-state index contributed by atoms with van der Waals surface area (Å²) >= 11 is 12.0. The Balaban J connectivity index is 2.15. The highest BCUT2D eigenvalue weighted by molar-refractivity contribution is 6.33. The summed E-state index contributed by atoms with van der Waals surface area (Å²) in [7, 11) is 0. The molecule has 84 valence electrons. The van der Waals surface area contributed by atoms with Gasteiger partial charge in [0.2, 0.25) is 0 Å². The lowest BCUT2D eigenvalue weighted by Crippen LogP contribution is -2.48. The van der Waals surface area contributed by atoms with Gasteiger partial charge in [-0.05, 0) is 24.3 Å². The molecule has 0 radical (unpaired) electrons. The molecule has 1 aliphatic carbocycles.